The summed E-state index contributed by atoms with van der Waals surface area (Å²) in [7, 11) is 0. The zero-order chi connectivity index (χ0) is 18.1. The SMILES string of the molecule is CC(=O)C(Sc1nc2sc(C)c(-c3ccccc3)c2c(=O)[nH]1)C(C)=O. The minimum Gasteiger partial charge on any atom is -0.301 e. The normalized spacial score (nSPS) is 11.2. The van der Waals surface area contributed by atoms with E-state index in [1.165, 1.54) is 25.2 Å². The second-order valence-electron chi connectivity index (χ2n) is 5.67. The number of fused-ring (bicyclic) bond motifs is 1. The number of benzene rings is 1. The first-order valence-electron chi connectivity index (χ1n) is 7.65. The van der Waals surface area contributed by atoms with Crippen molar-refractivity contribution in [2.75, 3.05) is 0 Å². The first-order valence-corrected chi connectivity index (χ1v) is 9.34. The van der Waals surface area contributed by atoms with E-state index in [1.807, 2.05) is 37.3 Å². The molecule has 3 aromatic rings. The predicted octanol–water partition coefficient (Wildman–Crippen LogP) is 3.60. The summed E-state index contributed by atoms with van der Waals surface area (Å²) in [6, 6.07) is 9.69. The van der Waals surface area contributed by atoms with Gasteiger partial charge in [0.25, 0.3) is 5.56 Å². The van der Waals surface area contributed by atoms with Crippen molar-refractivity contribution in [3.8, 4) is 11.1 Å². The maximum absolute atomic E-state index is 12.7. The largest absolute Gasteiger partial charge is 0.301 e. The van der Waals surface area contributed by atoms with Gasteiger partial charge in [0.1, 0.15) is 10.1 Å². The Balaban J connectivity index is 2.12. The van der Waals surface area contributed by atoms with Gasteiger partial charge < -0.3 is 4.98 Å². The van der Waals surface area contributed by atoms with E-state index in [4.69, 9.17) is 0 Å². The molecule has 2 heterocycles. The Bertz CT molecular complexity index is 1010. The van der Waals surface area contributed by atoms with Crippen LogP contribution < -0.4 is 5.56 Å². The van der Waals surface area contributed by atoms with E-state index in [1.54, 1.807) is 0 Å². The third kappa shape index (κ3) is 3.43. The van der Waals surface area contributed by atoms with Crippen LogP contribution in [0.25, 0.3) is 21.3 Å². The topological polar surface area (TPSA) is 79.9 Å². The van der Waals surface area contributed by atoms with Crippen LogP contribution in [0, 0.1) is 6.92 Å². The minimum absolute atomic E-state index is 0.257. The average molecular weight is 372 g/mol. The third-order valence-corrected chi connectivity index (χ3v) is 6.06. The summed E-state index contributed by atoms with van der Waals surface area (Å²) in [5, 5.41) is -0.0238. The number of ketones is 2. The molecule has 0 saturated carbocycles. The summed E-state index contributed by atoms with van der Waals surface area (Å²) in [6.07, 6.45) is 0. The molecule has 0 aliphatic heterocycles. The van der Waals surface area contributed by atoms with E-state index in [0.717, 1.165) is 27.8 Å². The quantitative estimate of drug-likeness (QED) is 0.420. The molecule has 0 aliphatic rings. The van der Waals surface area contributed by atoms with Crippen LogP contribution in [-0.2, 0) is 9.59 Å². The highest BCUT2D eigenvalue weighted by molar-refractivity contribution is 8.01. The molecule has 0 spiro atoms. The van der Waals surface area contributed by atoms with Crippen LogP contribution in [-0.4, -0.2) is 26.8 Å². The fraction of sp³-hybridized carbons (Fsp3) is 0.222. The van der Waals surface area contributed by atoms with Crippen molar-refractivity contribution < 1.29 is 9.59 Å². The van der Waals surface area contributed by atoms with E-state index in [2.05, 4.69) is 9.97 Å². The molecule has 128 valence electrons. The average Bonchev–Trinajstić information content (AvgIpc) is 2.89. The monoisotopic (exact) mass is 372 g/mol. The minimum atomic E-state index is -0.852. The molecule has 0 fully saturated rings. The van der Waals surface area contributed by atoms with Crippen molar-refractivity contribution in [2.45, 2.75) is 31.2 Å². The van der Waals surface area contributed by atoms with E-state index in [0.29, 0.717) is 10.2 Å². The van der Waals surface area contributed by atoms with E-state index in [9.17, 15) is 14.4 Å². The smallest absolute Gasteiger partial charge is 0.260 e. The lowest BCUT2D eigenvalue weighted by molar-refractivity contribution is -0.123. The zero-order valence-corrected chi connectivity index (χ0v) is 15.6. The first-order chi connectivity index (χ1) is 11.9. The number of Topliss-reactive ketones (excluding diaryl/α,β-unsaturated/α-hetero) is 2. The van der Waals surface area contributed by atoms with E-state index < -0.39 is 5.25 Å². The van der Waals surface area contributed by atoms with Gasteiger partial charge in [-0.3, -0.25) is 14.4 Å². The molecule has 5 nitrogen and oxygen atoms in total. The summed E-state index contributed by atoms with van der Waals surface area (Å²) in [5.74, 6) is -0.514. The number of H-pyrrole nitrogens is 1. The highest BCUT2D eigenvalue weighted by Crippen LogP contribution is 2.36. The molecule has 25 heavy (non-hydrogen) atoms. The molecule has 2 aromatic heterocycles. The molecule has 3 rings (SSSR count). The van der Waals surface area contributed by atoms with Crippen molar-refractivity contribution in [3.05, 3.63) is 45.6 Å². The second-order valence-corrected chi connectivity index (χ2v) is 7.97. The molecular weight excluding hydrogens is 356 g/mol. The fourth-order valence-electron chi connectivity index (χ4n) is 2.67. The summed E-state index contributed by atoms with van der Waals surface area (Å²) in [5.41, 5.74) is 1.58. The molecule has 0 saturated heterocycles. The van der Waals surface area contributed by atoms with Gasteiger partial charge in [0.05, 0.1) is 5.39 Å². The Kier molecular flexibility index (Phi) is 4.87. The van der Waals surface area contributed by atoms with E-state index >= 15 is 0 Å². The van der Waals surface area contributed by atoms with Crippen molar-refractivity contribution >= 4 is 44.9 Å². The van der Waals surface area contributed by atoms with Crippen molar-refractivity contribution in [3.63, 3.8) is 0 Å². The molecule has 0 amide bonds. The number of hydrogen-bond donors (Lipinski definition) is 1. The van der Waals surface area contributed by atoms with Crippen molar-refractivity contribution in [2.24, 2.45) is 0 Å². The number of thioether (sulfide) groups is 1. The number of nitrogens with zero attached hydrogens (tertiary/aromatic N) is 1. The van der Waals surface area contributed by atoms with Crippen LogP contribution in [0.2, 0.25) is 0 Å². The molecular formula is C18H16N2O3S2. The van der Waals surface area contributed by atoms with Gasteiger partial charge in [-0.25, -0.2) is 4.98 Å². The van der Waals surface area contributed by atoms with Crippen LogP contribution in [0.1, 0.15) is 18.7 Å². The van der Waals surface area contributed by atoms with Crippen LogP contribution in [0.3, 0.4) is 0 Å². The third-order valence-electron chi connectivity index (χ3n) is 3.75. The number of aromatic amines is 1. The number of aromatic nitrogens is 2. The Morgan fingerprint density at radius 2 is 1.80 bits per heavy atom. The van der Waals surface area contributed by atoms with Crippen LogP contribution in [0.4, 0.5) is 0 Å². The second kappa shape index (κ2) is 6.93. The molecule has 0 unspecified atom stereocenters. The summed E-state index contributed by atoms with van der Waals surface area (Å²) < 4.78 is 0. The number of carbonyl (C=O) groups is 2. The lowest BCUT2D eigenvalue weighted by Gasteiger charge is -2.08. The Hall–Kier alpha value is -2.25. The van der Waals surface area contributed by atoms with Gasteiger partial charge in [-0.05, 0) is 26.3 Å². The van der Waals surface area contributed by atoms with Gasteiger partial charge in [0.2, 0.25) is 0 Å². The van der Waals surface area contributed by atoms with Gasteiger partial charge in [0.15, 0.2) is 16.7 Å². The Morgan fingerprint density at radius 1 is 1.16 bits per heavy atom. The molecule has 7 heteroatoms. The number of rotatable bonds is 5. The summed E-state index contributed by atoms with van der Waals surface area (Å²) in [6.45, 7) is 4.67. The lowest BCUT2D eigenvalue weighted by Crippen LogP contribution is -2.23. The van der Waals surface area contributed by atoms with Gasteiger partial charge in [-0.15, -0.1) is 11.3 Å². The molecule has 0 atom stereocenters. The highest BCUT2D eigenvalue weighted by Gasteiger charge is 2.23. The Morgan fingerprint density at radius 3 is 2.40 bits per heavy atom. The molecule has 0 bridgehead atoms. The maximum Gasteiger partial charge on any atom is 0.260 e. The fourth-order valence-corrected chi connectivity index (χ4v) is 4.63. The lowest BCUT2D eigenvalue weighted by atomic mass is 10.0. The number of aryl methyl sites for hydroxylation is 1. The Labute approximate surface area is 152 Å². The van der Waals surface area contributed by atoms with Gasteiger partial charge in [-0.1, -0.05) is 42.1 Å². The predicted molar refractivity (Wildman–Crippen MR) is 101 cm³/mol. The molecule has 1 aromatic carbocycles. The summed E-state index contributed by atoms with van der Waals surface area (Å²) >= 11 is 2.42. The van der Waals surface area contributed by atoms with Gasteiger partial charge in [0, 0.05) is 10.4 Å². The number of nitrogens with one attached hydrogen (secondary N) is 1. The number of carbonyl (C=O) groups excluding carboxylic acids is 2. The molecule has 0 aliphatic carbocycles. The van der Waals surface area contributed by atoms with Crippen LogP contribution in [0.15, 0.2) is 40.3 Å². The standard InChI is InChI=1S/C18H16N2O3S2/c1-9(21)15(10(2)22)25-18-19-16(23)14-13(11(3)24-17(14)20-18)12-7-5-4-6-8-12/h4-8,15H,1-3H3,(H,19,20,23). The van der Waals surface area contributed by atoms with Gasteiger partial charge >= 0.3 is 0 Å². The molecule has 0 radical (unpaired) electrons. The number of thiophene rings is 1. The van der Waals surface area contributed by atoms with Crippen LogP contribution in [0.5, 0.6) is 0 Å². The summed E-state index contributed by atoms with van der Waals surface area (Å²) in [4.78, 5) is 44.7. The van der Waals surface area contributed by atoms with E-state index in [-0.39, 0.29) is 22.3 Å². The van der Waals surface area contributed by atoms with Crippen LogP contribution >= 0.6 is 23.1 Å². The highest BCUT2D eigenvalue weighted by atomic mass is 32.2. The first kappa shape index (κ1) is 17.6. The van der Waals surface area contributed by atoms with Gasteiger partial charge in [-0.2, -0.15) is 0 Å². The van der Waals surface area contributed by atoms with Crippen molar-refractivity contribution in [1.82, 2.24) is 9.97 Å². The molecule has 1 N–H and O–H groups in total. The van der Waals surface area contributed by atoms with Crippen molar-refractivity contribution in [1.29, 1.82) is 0 Å². The zero-order valence-electron chi connectivity index (χ0n) is 14.0. The maximum atomic E-state index is 12.7. The number of hydrogen-bond acceptors (Lipinski definition) is 6.